The number of nitrogens with zero attached hydrogens (tertiary/aromatic N) is 1. The Kier molecular flexibility index (Phi) is 6.42. The van der Waals surface area contributed by atoms with Crippen LogP contribution in [0.5, 0.6) is 0 Å². The average molecular weight is 245 g/mol. The van der Waals surface area contributed by atoms with Gasteiger partial charge in [0.15, 0.2) is 0 Å². The van der Waals surface area contributed by atoms with Gasteiger partial charge in [0.25, 0.3) is 0 Å². The van der Waals surface area contributed by atoms with E-state index in [2.05, 4.69) is 40.5 Å². The summed E-state index contributed by atoms with van der Waals surface area (Å²) in [5, 5.41) is 0. The Hall–Kier alpha value is -1.95. The number of benzene rings is 1. The van der Waals surface area contributed by atoms with Gasteiger partial charge < -0.3 is 9.64 Å². The van der Waals surface area contributed by atoms with E-state index in [-0.39, 0.29) is 0 Å². The lowest BCUT2D eigenvalue weighted by Gasteiger charge is -2.21. The molecule has 0 atom stereocenters. The Morgan fingerprint density at radius 2 is 2.06 bits per heavy atom. The van der Waals surface area contributed by atoms with Gasteiger partial charge in [0, 0.05) is 18.2 Å². The van der Waals surface area contributed by atoms with Crippen molar-refractivity contribution in [1.82, 2.24) is 0 Å². The molecule has 1 rings (SSSR count). The highest BCUT2D eigenvalue weighted by molar-refractivity contribution is 5.88. The van der Waals surface area contributed by atoms with E-state index in [0.717, 1.165) is 25.1 Å². The fraction of sp³-hybridized carbons (Fsp3) is 0.400. The normalized spacial score (nSPS) is 9.22. The lowest BCUT2D eigenvalue weighted by molar-refractivity contribution is -0.133. The largest absolute Gasteiger partial charge is 0.459 e. The fourth-order valence-electron chi connectivity index (χ4n) is 1.55. The summed E-state index contributed by atoms with van der Waals surface area (Å²) in [5.74, 6) is 4.81. The van der Waals surface area contributed by atoms with Crippen molar-refractivity contribution in [2.75, 3.05) is 25.1 Å². The van der Waals surface area contributed by atoms with Crippen LogP contribution in [0.25, 0.3) is 0 Å². The molecule has 0 spiro atoms. The molecule has 0 saturated carbocycles. The number of carbonyl (C=O) groups is 1. The van der Waals surface area contributed by atoms with E-state index in [1.165, 1.54) is 7.11 Å². The van der Waals surface area contributed by atoms with Crippen molar-refractivity contribution in [2.24, 2.45) is 0 Å². The number of ether oxygens (including phenoxy) is 1. The number of carbonyl (C=O) groups excluding carboxylic acids is 1. The molecule has 0 unspecified atom stereocenters. The van der Waals surface area contributed by atoms with Crippen LogP contribution in [-0.2, 0) is 9.53 Å². The molecule has 0 N–H and O–H groups in total. The quantitative estimate of drug-likeness (QED) is 0.453. The first-order valence-corrected chi connectivity index (χ1v) is 6.14. The highest BCUT2D eigenvalue weighted by atomic mass is 16.5. The Morgan fingerprint density at radius 3 is 2.67 bits per heavy atom. The number of anilines is 1. The van der Waals surface area contributed by atoms with Crippen molar-refractivity contribution in [3.8, 4) is 11.8 Å². The van der Waals surface area contributed by atoms with Crippen LogP contribution in [0.4, 0.5) is 5.69 Å². The van der Waals surface area contributed by atoms with E-state index in [0.29, 0.717) is 6.54 Å². The van der Waals surface area contributed by atoms with Gasteiger partial charge in [-0.25, -0.2) is 4.79 Å². The minimum atomic E-state index is -0.487. The van der Waals surface area contributed by atoms with Gasteiger partial charge in [-0.1, -0.05) is 37.5 Å². The van der Waals surface area contributed by atoms with Gasteiger partial charge >= 0.3 is 5.97 Å². The highest BCUT2D eigenvalue weighted by Gasteiger charge is 2.03. The van der Waals surface area contributed by atoms with Gasteiger partial charge in [0.05, 0.1) is 13.7 Å². The molecule has 1 aromatic carbocycles. The molecule has 0 aliphatic rings. The predicted molar refractivity (Wildman–Crippen MR) is 73.4 cm³/mol. The smallest absolute Gasteiger partial charge is 0.384 e. The maximum absolute atomic E-state index is 10.9. The molecule has 1 aromatic rings. The van der Waals surface area contributed by atoms with E-state index < -0.39 is 5.97 Å². The third-order valence-electron chi connectivity index (χ3n) is 2.55. The Balaban J connectivity index is 2.66. The lowest BCUT2D eigenvalue weighted by Crippen LogP contribution is -2.24. The number of rotatable bonds is 5. The van der Waals surface area contributed by atoms with Crippen molar-refractivity contribution in [1.29, 1.82) is 0 Å². The van der Waals surface area contributed by atoms with Crippen LogP contribution < -0.4 is 4.90 Å². The second-order valence-electron chi connectivity index (χ2n) is 3.90. The van der Waals surface area contributed by atoms with Crippen molar-refractivity contribution < 1.29 is 9.53 Å². The molecule has 0 fully saturated rings. The summed E-state index contributed by atoms with van der Waals surface area (Å²) < 4.78 is 4.49. The first kappa shape index (κ1) is 14.1. The minimum Gasteiger partial charge on any atom is -0.459 e. The third-order valence-corrected chi connectivity index (χ3v) is 2.55. The number of methoxy groups -OCH3 is 1. The molecule has 0 aliphatic heterocycles. The summed E-state index contributed by atoms with van der Waals surface area (Å²) in [4.78, 5) is 13.1. The van der Waals surface area contributed by atoms with Crippen LogP contribution in [0, 0.1) is 11.8 Å². The first-order chi connectivity index (χ1) is 8.77. The van der Waals surface area contributed by atoms with E-state index in [1.54, 1.807) is 0 Å². The average Bonchev–Trinajstić information content (AvgIpc) is 2.43. The topological polar surface area (TPSA) is 29.5 Å². The van der Waals surface area contributed by atoms with Gasteiger partial charge in [-0.05, 0) is 18.6 Å². The number of hydrogen-bond donors (Lipinski definition) is 0. The van der Waals surface area contributed by atoms with Gasteiger partial charge in [-0.2, -0.15) is 0 Å². The maximum atomic E-state index is 10.9. The SMILES string of the molecule is CCCCN(CC#CC(=O)OC)c1ccccc1. The molecule has 0 amide bonds. The number of unbranched alkanes of at least 4 members (excludes halogenated alkanes) is 1. The van der Waals surface area contributed by atoms with Crippen molar-refractivity contribution in [3.63, 3.8) is 0 Å². The molecule has 3 heteroatoms. The van der Waals surface area contributed by atoms with E-state index in [4.69, 9.17) is 0 Å². The van der Waals surface area contributed by atoms with Gasteiger partial charge in [-0.15, -0.1) is 0 Å². The molecule has 0 aliphatic carbocycles. The zero-order valence-electron chi connectivity index (χ0n) is 11.0. The van der Waals surface area contributed by atoms with Gasteiger partial charge in [0.2, 0.25) is 0 Å². The van der Waals surface area contributed by atoms with E-state index >= 15 is 0 Å². The summed E-state index contributed by atoms with van der Waals surface area (Å²) in [6.45, 7) is 3.64. The van der Waals surface area contributed by atoms with Crippen molar-refractivity contribution in [3.05, 3.63) is 30.3 Å². The first-order valence-electron chi connectivity index (χ1n) is 6.14. The molecule has 0 saturated heterocycles. The Morgan fingerprint density at radius 1 is 1.33 bits per heavy atom. The van der Waals surface area contributed by atoms with Crippen LogP contribution in [0.3, 0.4) is 0 Å². The van der Waals surface area contributed by atoms with E-state index in [9.17, 15) is 4.79 Å². The molecule has 18 heavy (non-hydrogen) atoms. The molecule has 96 valence electrons. The van der Waals surface area contributed by atoms with Crippen molar-refractivity contribution in [2.45, 2.75) is 19.8 Å². The number of hydrogen-bond acceptors (Lipinski definition) is 3. The monoisotopic (exact) mass is 245 g/mol. The van der Waals surface area contributed by atoms with E-state index in [1.807, 2.05) is 18.2 Å². The second-order valence-corrected chi connectivity index (χ2v) is 3.90. The molecule has 0 heterocycles. The van der Waals surface area contributed by atoms with Gasteiger partial charge in [-0.3, -0.25) is 0 Å². The summed E-state index contributed by atoms with van der Waals surface area (Å²) >= 11 is 0. The third kappa shape index (κ3) is 4.92. The van der Waals surface area contributed by atoms with Gasteiger partial charge in [0.1, 0.15) is 0 Å². The standard InChI is InChI=1S/C15H19NO2/c1-3-4-12-16(13-8-11-15(17)18-2)14-9-6-5-7-10-14/h5-7,9-10H,3-4,12-13H2,1-2H3. The zero-order chi connectivity index (χ0) is 13.2. The summed E-state index contributed by atoms with van der Waals surface area (Å²) in [7, 11) is 1.34. The molecule has 0 radical (unpaired) electrons. The molecule has 0 bridgehead atoms. The summed E-state index contributed by atoms with van der Waals surface area (Å²) in [5.41, 5.74) is 1.13. The zero-order valence-corrected chi connectivity index (χ0v) is 11.0. The number of esters is 1. The highest BCUT2D eigenvalue weighted by Crippen LogP contribution is 2.13. The Bertz CT molecular complexity index is 417. The molecular formula is C15H19NO2. The maximum Gasteiger partial charge on any atom is 0.384 e. The summed E-state index contributed by atoms with van der Waals surface area (Å²) in [6.07, 6.45) is 2.24. The van der Waals surface area contributed by atoms with Crippen LogP contribution in [0.1, 0.15) is 19.8 Å². The summed E-state index contributed by atoms with van der Waals surface area (Å²) in [6, 6.07) is 10.1. The van der Waals surface area contributed by atoms with Crippen LogP contribution >= 0.6 is 0 Å². The lowest BCUT2D eigenvalue weighted by atomic mass is 10.2. The van der Waals surface area contributed by atoms with Crippen molar-refractivity contribution >= 4 is 11.7 Å². The second kappa shape index (κ2) is 8.19. The number of para-hydroxylation sites is 1. The van der Waals surface area contributed by atoms with Crippen LogP contribution in [-0.4, -0.2) is 26.2 Å². The Labute approximate surface area is 109 Å². The molecule has 3 nitrogen and oxygen atoms in total. The van der Waals surface area contributed by atoms with Crippen LogP contribution in [0.15, 0.2) is 30.3 Å². The molecular weight excluding hydrogens is 226 g/mol. The minimum absolute atomic E-state index is 0.487. The molecule has 0 aromatic heterocycles. The fourth-order valence-corrected chi connectivity index (χ4v) is 1.55. The predicted octanol–water partition coefficient (Wildman–Crippen LogP) is 2.47. The van der Waals surface area contributed by atoms with Crippen LogP contribution in [0.2, 0.25) is 0 Å².